The first-order valence-corrected chi connectivity index (χ1v) is 11.5. The summed E-state index contributed by atoms with van der Waals surface area (Å²) < 4.78 is 30.0. The zero-order chi connectivity index (χ0) is 25.6. The first-order chi connectivity index (χ1) is 17.2. The molecule has 186 valence electrons. The van der Waals surface area contributed by atoms with Crippen molar-refractivity contribution in [1.29, 1.82) is 0 Å². The number of nitrogens with one attached hydrogen (secondary N) is 1. The molecule has 1 fully saturated rings. The zero-order valence-corrected chi connectivity index (χ0v) is 19.8. The molecule has 0 bridgehead atoms. The zero-order valence-electron chi connectivity index (χ0n) is 19.1. The fourth-order valence-corrected chi connectivity index (χ4v) is 4.76. The van der Waals surface area contributed by atoms with E-state index in [0.29, 0.717) is 13.1 Å². The highest BCUT2D eigenvalue weighted by Crippen LogP contribution is 2.42. The van der Waals surface area contributed by atoms with E-state index in [1.54, 1.807) is 19.1 Å². The number of aromatic nitrogens is 3. The van der Waals surface area contributed by atoms with Crippen molar-refractivity contribution in [1.82, 2.24) is 19.9 Å². The van der Waals surface area contributed by atoms with Gasteiger partial charge in [-0.1, -0.05) is 23.7 Å². The quantitative estimate of drug-likeness (QED) is 0.537. The molecule has 12 heteroatoms. The van der Waals surface area contributed by atoms with E-state index in [1.165, 1.54) is 35.5 Å². The predicted molar refractivity (Wildman–Crippen MR) is 127 cm³/mol. The van der Waals surface area contributed by atoms with E-state index in [9.17, 15) is 14.0 Å². The molecule has 3 aromatic rings. The molecule has 1 unspecified atom stereocenters. The predicted octanol–water partition coefficient (Wildman–Crippen LogP) is 2.38. The molecule has 2 amide bonds. The molecule has 5 rings (SSSR count). The maximum Gasteiger partial charge on any atom is 0.263 e. The highest BCUT2D eigenvalue weighted by atomic mass is 35.5. The third kappa shape index (κ3) is 3.94. The number of halogens is 3. The summed E-state index contributed by atoms with van der Waals surface area (Å²) in [5.41, 5.74) is -0.732. The molecule has 9 nitrogen and oxygen atoms in total. The molecule has 0 radical (unpaired) electrons. The highest BCUT2D eigenvalue weighted by Gasteiger charge is 2.46. The van der Waals surface area contributed by atoms with E-state index < -0.39 is 29.6 Å². The van der Waals surface area contributed by atoms with Crippen LogP contribution in [0.1, 0.15) is 28.5 Å². The summed E-state index contributed by atoms with van der Waals surface area (Å²) in [6.45, 7) is 1.68. The maximum atomic E-state index is 15.3. The monoisotopic (exact) mass is 514 g/mol. The van der Waals surface area contributed by atoms with Gasteiger partial charge in [0.15, 0.2) is 11.6 Å². The Morgan fingerprint density at radius 2 is 2.03 bits per heavy atom. The summed E-state index contributed by atoms with van der Waals surface area (Å²) in [6.07, 6.45) is 2.68. The van der Waals surface area contributed by atoms with Gasteiger partial charge in [0.1, 0.15) is 12.4 Å². The second-order valence-electron chi connectivity index (χ2n) is 8.89. The van der Waals surface area contributed by atoms with Crippen molar-refractivity contribution >= 4 is 35.2 Å². The van der Waals surface area contributed by atoms with Gasteiger partial charge in [0.25, 0.3) is 5.91 Å². The molecule has 2 aliphatic heterocycles. The molecule has 4 heterocycles. The second-order valence-corrected chi connectivity index (χ2v) is 9.29. The van der Waals surface area contributed by atoms with Crippen LogP contribution in [0.3, 0.4) is 0 Å². The van der Waals surface area contributed by atoms with Crippen LogP contribution < -0.4 is 10.2 Å². The molecule has 0 aliphatic carbocycles. The fourth-order valence-electron chi connectivity index (χ4n) is 4.58. The van der Waals surface area contributed by atoms with Crippen LogP contribution in [0.5, 0.6) is 0 Å². The van der Waals surface area contributed by atoms with Crippen molar-refractivity contribution in [2.45, 2.75) is 18.4 Å². The van der Waals surface area contributed by atoms with E-state index in [1.807, 2.05) is 0 Å². The standard InChI is InChI=1S/C24H21ClF2N6O3/c1-24(15-4-2-5-16(25)19(15)27)12-33(21-17(26)6-3-7-28-21)22(36)14-8-29-23(31-20(14)24)30-13-9-32(10-13)18(35)11-34/h2-8,13,34H,9-12H2,1H3,(H,29,30,31). The maximum absolute atomic E-state index is 15.3. The van der Waals surface area contributed by atoms with Crippen LogP contribution in [0.25, 0.3) is 0 Å². The van der Waals surface area contributed by atoms with Crippen LogP contribution in [0.4, 0.5) is 20.5 Å². The third-order valence-electron chi connectivity index (χ3n) is 6.50. The minimum Gasteiger partial charge on any atom is -0.387 e. The summed E-state index contributed by atoms with van der Waals surface area (Å²) in [6, 6.07) is 7.00. The number of anilines is 2. The van der Waals surface area contributed by atoms with Crippen LogP contribution in [-0.2, 0) is 10.2 Å². The fraction of sp³-hybridized carbons (Fsp3) is 0.292. The van der Waals surface area contributed by atoms with E-state index >= 15 is 4.39 Å². The first kappa shape index (κ1) is 24.0. The van der Waals surface area contributed by atoms with Gasteiger partial charge in [-0.05, 0) is 25.1 Å². The minimum absolute atomic E-state index is 0.0735. The summed E-state index contributed by atoms with van der Waals surface area (Å²) in [5.74, 6) is -2.32. The first-order valence-electron chi connectivity index (χ1n) is 11.1. The molecular formula is C24H21ClF2N6O3. The lowest BCUT2D eigenvalue weighted by atomic mass is 9.74. The highest BCUT2D eigenvalue weighted by molar-refractivity contribution is 6.30. The van der Waals surface area contributed by atoms with Crippen molar-refractivity contribution in [3.05, 3.63) is 76.2 Å². The number of pyridine rings is 1. The number of benzene rings is 1. The number of carbonyl (C=O) groups excluding carboxylic acids is 2. The van der Waals surface area contributed by atoms with Gasteiger partial charge < -0.3 is 15.3 Å². The number of nitrogens with zero attached hydrogens (tertiary/aromatic N) is 5. The topological polar surface area (TPSA) is 112 Å². The summed E-state index contributed by atoms with van der Waals surface area (Å²) in [5, 5.41) is 12.0. The Kier molecular flexibility index (Phi) is 6.05. The number of aliphatic hydroxyl groups is 1. The molecule has 0 saturated carbocycles. The Balaban J connectivity index is 1.57. The second kappa shape index (κ2) is 9.07. The van der Waals surface area contributed by atoms with Crippen LogP contribution >= 0.6 is 11.6 Å². The average molecular weight is 515 g/mol. The lowest BCUT2D eigenvalue weighted by Crippen LogP contribution is -2.58. The Labute approximate surface area is 209 Å². The number of amides is 2. The molecule has 1 aromatic carbocycles. The van der Waals surface area contributed by atoms with Crippen LogP contribution in [0.2, 0.25) is 5.02 Å². The van der Waals surface area contributed by atoms with Crippen molar-refractivity contribution < 1.29 is 23.5 Å². The Bertz CT molecular complexity index is 1370. The van der Waals surface area contributed by atoms with Gasteiger partial charge >= 0.3 is 0 Å². The molecule has 1 saturated heterocycles. The Morgan fingerprint density at radius 1 is 1.25 bits per heavy atom. The normalized spacial score (nSPS) is 19.6. The molecular weight excluding hydrogens is 494 g/mol. The van der Waals surface area contributed by atoms with E-state index in [2.05, 4.69) is 20.3 Å². The van der Waals surface area contributed by atoms with E-state index in [0.717, 1.165) is 4.90 Å². The minimum atomic E-state index is -1.24. The van der Waals surface area contributed by atoms with Crippen molar-refractivity contribution in [3.63, 3.8) is 0 Å². The number of likely N-dealkylation sites (tertiary alicyclic amines) is 1. The number of hydrogen-bond acceptors (Lipinski definition) is 7. The summed E-state index contributed by atoms with van der Waals surface area (Å²) in [4.78, 5) is 40.5. The Hall–Kier alpha value is -3.70. The molecule has 1 atom stereocenters. The summed E-state index contributed by atoms with van der Waals surface area (Å²) in [7, 11) is 0. The molecule has 36 heavy (non-hydrogen) atoms. The number of hydrogen-bond donors (Lipinski definition) is 2. The SMILES string of the molecule is CC1(c2cccc(Cl)c2F)CN(c2ncccc2F)C(=O)c2cnc(NC3CN(C(=O)CO)C3)nc21. The van der Waals surface area contributed by atoms with Crippen LogP contribution in [0, 0.1) is 11.6 Å². The van der Waals surface area contributed by atoms with Crippen molar-refractivity contribution in [2.75, 3.05) is 36.5 Å². The van der Waals surface area contributed by atoms with Gasteiger partial charge in [0.05, 0.1) is 27.7 Å². The van der Waals surface area contributed by atoms with Gasteiger partial charge in [0, 0.05) is 37.6 Å². The number of carbonyl (C=O) groups is 2. The average Bonchev–Trinajstić information content (AvgIpc) is 2.85. The lowest BCUT2D eigenvalue weighted by Gasteiger charge is -2.41. The Morgan fingerprint density at radius 3 is 2.75 bits per heavy atom. The van der Waals surface area contributed by atoms with Gasteiger partial charge in [-0.15, -0.1) is 0 Å². The van der Waals surface area contributed by atoms with Crippen LogP contribution in [0.15, 0.2) is 42.7 Å². The number of rotatable bonds is 5. The molecule has 2 aliphatic rings. The van der Waals surface area contributed by atoms with Gasteiger partial charge in [0.2, 0.25) is 11.9 Å². The molecule has 2 aromatic heterocycles. The van der Waals surface area contributed by atoms with E-state index in [4.69, 9.17) is 16.7 Å². The summed E-state index contributed by atoms with van der Waals surface area (Å²) >= 11 is 6.08. The lowest BCUT2D eigenvalue weighted by molar-refractivity contribution is -0.138. The van der Waals surface area contributed by atoms with Gasteiger partial charge in [-0.3, -0.25) is 14.5 Å². The smallest absolute Gasteiger partial charge is 0.263 e. The number of aliphatic hydroxyl groups excluding tert-OH is 1. The van der Waals surface area contributed by atoms with Gasteiger partial charge in [-0.25, -0.2) is 23.7 Å². The van der Waals surface area contributed by atoms with Crippen LogP contribution in [-0.4, -0.2) is 69.1 Å². The molecule has 2 N–H and O–H groups in total. The van der Waals surface area contributed by atoms with E-state index in [-0.39, 0.29) is 52.1 Å². The van der Waals surface area contributed by atoms with Gasteiger partial charge in [-0.2, -0.15) is 0 Å². The van der Waals surface area contributed by atoms with Crippen molar-refractivity contribution in [3.8, 4) is 0 Å². The van der Waals surface area contributed by atoms with Crippen molar-refractivity contribution in [2.24, 2.45) is 0 Å². The number of fused-ring (bicyclic) bond motifs is 1. The largest absolute Gasteiger partial charge is 0.387 e. The molecule has 0 spiro atoms. The third-order valence-corrected chi connectivity index (χ3v) is 6.80.